The van der Waals surface area contributed by atoms with Gasteiger partial charge in [0.05, 0.1) is 5.69 Å². The molecule has 1 aliphatic heterocycles. The lowest BCUT2D eigenvalue weighted by molar-refractivity contribution is 0.0240. The molecule has 1 heterocycles. The maximum Gasteiger partial charge on any atom is 0.410 e. The van der Waals surface area contributed by atoms with Gasteiger partial charge in [0.1, 0.15) is 5.60 Å². The Balaban J connectivity index is 1.71. The van der Waals surface area contributed by atoms with Gasteiger partial charge in [0.25, 0.3) is 0 Å². The van der Waals surface area contributed by atoms with Crippen LogP contribution in [0.25, 0.3) is 0 Å². The summed E-state index contributed by atoms with van der Waals surface area (Å²) < 4.78 is 5.51. The fourth-order valence-corrected chi connectivity index (χ4v) is 4.11. The van der Waals surface area contributed by atoms with Crippen LogP contribution in [0.5, 0.6) is 0 Å². The predicted octanol–water partition coefficient (Wildman–Crippen LogP) is 5.51. The van der Waals surface area contributed by atoms with E-state index >= 15 is 0 Å². The maximum atomic E-state index is 12.3. The van der Waals surface area contributed by atoms with E-state index in [0.29, 0.717) is 13.1 Å². The third kappa shape index (κ3) is 5.44. The highest BCUT2D eigenvalue weighted by molar-refractivity contribution is 7.99. The predicted molar refractivity (Wildman–Crippen MR) is 117 cm³/mol. The number of benzene rings is 2. The third-order valence-electron chi connectivity index (χ3n) is 4.64. The van der Waals surface area contributed by atoms with E-state index in [4.69, 9.17) is 4.74 Å². The first-order chi connectivity index (χ1) is 13.2. The molecule has 0 aromatic heterocycles. The Bertz CT molecular complexity index is 819. The van der Waals surface area contributed by atoms with Crippen molar-refractivity contribution in [3.05, 3.63) is 53.6 Å². The Morgan fingerprint density at radius 2 is 1.54 bits per heavy atom. The molecule has 1 aliphatic rings. The molecule has 1 amide bonds. The van der Waals surface area contributed by atoms with Gasteiger partial charge in [0.15, 0.2) is 0 Å². The van der Waals surface area contributed by atoms with E-state index in [9.17, 15) is 4.79 Å². The van der Waals surface area contributed by atoms with E-state index < -0.39 is 5.60 Å². The van der Waals surface area contributed by atoms with Crippen molar-refractivity contribution < 1.29 is 9.53 Å². The van der Waals surface area contributed by atoms with Crippen LogP contribution >= 0.6 is 11.8 Å². The molecule has 0 radical (unpaired) electrons. The zero-order chi connectivity index (χ0) is 20.3. The van der Waals surface area contributed by atoms with Crippen molar-refractivity contribution in [2.24, 2.45) is 0 Å². The molecule has 1 saturated heterocycles. The molecule has 0 saturated carbocycles. The molecule has 28 heavy (non-hydrogen) atoms. The zero-order valence-corrected chi connectivity index (χ0v) is 18.3. The van der Waals surface area contributed by atoms with E-state index in [1.165, 1.54) is 26.6 Å². The lowest BCUT2D eigenvalue weighted by Crippen LogP contribution is -2.50. The van der Waals surface area contributed by atoms with Gasteiger partial charge < -0.3 is 14.5 Å². The number of hydrogen-bond donors (Lipinski definition) is 0. The second-order valence-electron chi connectivity index (χ2n) is 8.34. The number of anilines is 1. The number of aryl methyl sites for hydroxylation is 2. The summed E-state index contributed by atoms with van der Waals surface area (Å²) in [6, 6.07) is 15.3. The van der Waals surface area contributed by atoms with Crippen LogP contribution < -0.4 is 4.90 Å². The number of rotatable bonds is 3. The highest BCUT2D eigenvalue weighted by Crippen LogP contribution is 2.36. The Kier molecular flexibility index (Phi) is 6.23. The zero-order valence-electron chi connectivity index (χ0n) is 17.5. The summed E-state index contributed by atoms with van der Waals surface area (Å²) in [5.74, 6) is 0. The third-order valence-corrected chi connectivity index (χ3v) is 5.71. The second-order valence-corrected chi connectivity index (χ2v) is 9.46. The first kappa shape index (κ1) is 20.6. The molecule has 0 spiro atoms. The van der Waals surface area contributed by atoms with Crippen molar-refractivity contribution in [1.29, 1.82) is 0 Å². The SMILES string of the molecule is Cc1ccc(Sc2ccc(C)cc2N2CCN(C(=O)OC(C)(C)C)CC2)cc1. The number of amides is 1. The van der Waals surface area contributed by atoms with Crippen molar-refractivity contribution in [2.75, 3.05) is 31.1 Å². The van der Waals surface area contributed by atoms with Crippen molar-refractivity contribution >= 4 is 23.5 Å². The standard InChI is InChI=1S/C23H30N2O2S/c1-17-6-9-19(10-7-17)28-21-11-8-18(2)16-20(21)24-12-14-25(15-13-24)22(26)27-23(3,4)5/h6-11,16H,12-15H2,1-5H3. The molecule has 1 fully saturated rings. The van der Waals surface area contributed by atoms with Crippen LogP contribution in [0.4, 0.5) is 10.5 Å². The fraction of sp³-hybridized carbons (Fsp3) is 0.435. The highest BCUT2D eigenvalue weighted by atomic mass is 32.2. The maximum absolute atomic E-state index is 12.3. The van der Waals surface area contributed by atoms with Gasteiger partial charge in [0, 0.05) is 36.0 Å². The summed E-state index contributed by atoms with van der Waals surface area (Å²) in [7, 11) is 0. The number of piperazine rings is 1. The summed E-state index contributed by atoms with van der Waals surface area (Å²) in [6.07, 6.45) is -0.217. The van der Waals surface area contributed by atoms with Crippen LogP contribution in [0.2, 0.25) is 0 Å². The number of hydrogen-bond acceptors (Lipinski definition) is 4. The summed E-state index contributed by atoms with van der Waals surface area (Å²) in [5, 5.41) is 0. The summed E-state index contributed by atoms with van der Waals surface area (Å²) in [6.45, 7) is 12.9. The fourth-order valence-electron chi connectivity index (χ4n) is 3.15. The van der Waals surface area contributed by atoms with Crippen LogP contribution in [0.3, 0.4) is 0 Å². The molecule has 2 aromatic carbocycles. The Hall–Kier alpha value is -2.14. The Morgan fingerprint density at radius 1 is 0.929 bits per heavy atom. The minimum absolute atomic E-state index is 0.217. The van der Waals surface area contributed by atoms with Gasteiger partial charge in [-0.05, 0) is 64.4 Å². The van der Waals surface area contributed by atoms with Crippen molar-refractivity contribution in [2.45, 2.75) is 50.0 Å². The van der Waals surface area contributed by atoms with Crippen LogP contribution in [-0.2, 0) is 4.74 Å². The minimum atomic E-state index is -0.456. The van der Waals surface area contributed by atoms with Gasteiger partial charge in [-0.25, -0.2) is 4.79 Å². The van der Waals surface area contributed by atoms with E-state index in [2.05, 4.69) is 61.2 Å². The summed E-state index contributed by atoms with van der Waals surface area (Å²) >= 11 is 1.79. The Morgan fingerprint density at radius 3 is 2.14 bits per heavy atom. The van der Waals surface area contributed by atoms with Crippen LogP contribution in [0, 0.1) is 13.8 Å². The molecule has 0 unspecified atom stereocenters. The molecule has 4 nitrogen and oxygen atoms in total. The van der Waals surface area contributed by atoms with Gasteiger partial charge >= 0.3 is 6.09 Å². The number of ether oxygens (including phenoxy) is 1. The average Bonchev–Trinajstić information content (AvgIpc) is 2.64. The Labute approximate surface area is 172 Å². The van der Waals surface area contributed by atoms with Crippen molar-refractivity contribution in [1.82, 2.24) is 4.90 Å². The first-order valence-corrected chi connectivity index (χ1v) is 10.6. The second kappa shape index (κ2) is 8.48. The molecule has 2 aromatic rings. The molecule has 0 atom stereocenters. The van der Waals surface area contributed by atoms with Gasteiger partial charge in [-0.3, -0.25) is 0 Å². The lowest BCUT2D eigenvalue weighted by Gasteiger charge is -2.37. The highest BCUT2D eigenvalue weighted by Gasteiger charge is 2.26. The van der Waals surface area contributed by atoms with Crippen LogP contribution in [0.1, 0.15) is 31.9 Å². The minimum Gasteiger partial charge on any atom is -0.444 e. The molecule has 150 valence electrons. The van der Waals surface area contributed by atoms with Gasteiger partial charge in [-0.15, -0.1) is 0 Å². The molecular formula is C23H30N2O2S. The van der Waals surface area contributed by atoms with E-state index in [0.717, 1.165) is 13.1 Å². The number of nitrogens with zero attached hydrogens (tertiary/aromatic N) is 2. The lowest BCUT2D eigenvalue weighted by atomic mass is 10.2. The molecule has 0 aliphatic carbocycles. The molecule has 3 rings (SSSR count). The monoisotopic (exact) mass is 398 g/mol. The van der Waals surface area contributed by atoms with Crippen LogP contribution in [-0.4, -0.2) is 42.8 Å². The average molecular weight is 399 g/mol. The molecule has 0 bridgehead atoms. The normalized spacial score (nSPS) is 14.9. The smallest absolute Gasteiger partial charge is 0.410 e. The van der Waals surface area contributed by atoms with Gasteiger partial charge in [0.2, 0.25) is 0 Å². The van der Waals surface area contributed by atoms with Crippen molar-refractivity contribution in [3.8, 4) is 0 Å². The van der Waals surface area contributed by atoms with Crippen LogP contribution in [0.15, 0.2) is 52.3 Å². The number of carbonyl (C=O) groups excluding carboxylic acids is 1. The first-order valence-electron chi connectivity index (χ1n) is 9.79. The topological polar surface area (TPSA) is 32.8 Å². The molecule has 5 heteroatoms. The van der Waals surface area contributed by atoms with E-state index in [1.807, 2.05) is 25.7 Å². The largest absolute Gasteiger partial charge is 0.444 e. The number of carbonyl (C=O) groups is 1. The molecular weight excluding hydrogens is 368 g/mol. The van der Waals surface area contributed by atoms with Crippen molar-refractivity contribution in [3.63, 3.8) is 0 Å². The van der Waals surface area contributed by atoms with Gasteiger partial charge in [-0.1, -0.05) is 35.5 Å². The molecule has 0 N–H and O–H groups in total. The summed E-state index contributed by atoms with van der Waals surface area (Å²) in [5.41, 5.74) is 3.31. The summed E-state index contributed by atoms with van der Waals surface area (Å²) in [4.78, 5) is 19.0. The van der Waals surface area contributed by atoms with E-state index in [-0.39, 0.29) is 6.09 Å². The van der Waals surface area contributed by atoms with E-state index in [1.54, 1.807) is 11.8 Å². The van der Waals surface area contributed by atoms with Gasteiger partial charge in [-0.2, -0.15) is 0 Å². The quantitative estimate of drug-likeness (QED) is 0.682.